The van der Waals surface area contributed by atoms with E-state index in [0.29, 0.717) is 12.6 Å². The third kappa shape index (κ3) is 2.72. The summed E-state index contributed by atoms with van der Waals surface area (Å²) < 4.78 is 0. The Morgan fingerprint density at radius 1 is 1.50 bits per heavy atom. The number of nitrogens with zero attached hydrogens (tertiary/aromatic N) is 1. The minimum absolute atomic E-state index is 0.165. The molecule has 1 aliphatic carbocycles. The molecule has 18 heavy (non-hydrogen) atoms. The molecule has 0 fully saturated rings. The van der Waals surface area contributed by atoms with E-state index in [0.717, 1.165) is 19.4 Å². The van der Waals surface area contributed by atoms with Crippen molar-refractivity contribution in [2.75, 3.05) is 20.1 Å². The van der Waals surface area contributed by atoms with Gasteiger partial charge in [0.15, 0.2) is 0 Å². The number of aryl methyl sites for hydroxylation is 2. The van der Waals surface area contributed by atoms with Crippen LogP contribution in [0.2, 0.25) is 0 Å². The van der Waals surface area contributed by atoms with Crippen molar-refractivity contribution < 1.29 is 4.79 Å². The van der Waals surface area contributed by atoms with Crippen molar-refractivity contribution in [3.63, 3.8) is 0 Å². The van der Waals surface area contributed by atoms with Crippen molar-refractivity contribution >= 4 is 5.91 Å². The molecule has 1 atom stereocenters. The number of carbonyl (C=O) groups excluding carboxylic acids is 1. The minimum Gasteiger partial charge on any atom is -0.345 e. The highest BCUT2D eigenvalue weighted by molar-refractivity contribution is 5.78. The van der Waals surface area contributed by atoms with E-state index in [1.54, 1.807) is 4.90 Å². The molecule has 1 aromatic carbocycles. The van der Waals surface area contributed by atoms with Crippen LogP contribution in [0.15, 0.2) is 18.2 Å². The zero-order valence-electron chi connectivity index (χ0n) is 11.5. The van der Waals surface area contributed by atoms with Gasteiger partial charge in [-0.05, 0) is 37.8 Å². The molecular formula is C15H22N2O. The molecule has 0 aromatic heterocycles. The molecule has 0 saturated heterocycles. The van der Waals surface area contributed by atoms with Gasteiger partial charge in [0.2, 0.25) is 5.91 Å². The summed E-state index contributed by atoms with van der Waals surface area (Å²) in [4.78, 5) is 13.5. The Kier molecular flexibility index (Phi) is 4.02. The van der Waals surface area contributed by atoms with Gasteiger partial charge < -0.3 is 10.2 Å². The number of likely N-dealkylation sites (N-methyl/N-ethyl adjacent to an activating group) is 1. The van der Waals surface area contributed by atoms with Crippen LogP contribution in [0.5, 0.6) is 0 Å². The summed E-state index contributed by atoms with van der Waals surface area (Å²) in [6, 6.07) is 6.96. The number of carbonyl (C=O) groups is 1. The molecule has 1 unspecified atom stereocenters. The fraction of sp³-hybridized carbons (Fsp3) is 0.533. The van der Waals surface area contributed by atoms with E-state index in [9.17, 15) is 4.79 Å². The molecule has 98 valence electrons. The Labute approximate surface area is 109 Å². The van der Waals surface area contributed by atoms with E-state index in [2.05, 4.69) is 30.4 Å². The second-order valence-electron chi connectivity index (χ2n) is 5.08. The molecule has 0 aliphatic heterocycles. The van der Waals surface area contributed by atoms with Gasteiger partial charge in [0, 0.05) is 19.6 Å². The summed E-state index contributed by atoms with van der Waals surface area (Å²) >= 11 is 0. The third-order valence-electron chi connectivity index (χ3n) is 3.78. The Balaban J connectivity index is 1.98. The van der Waals surface area contributed by atoms with Crippen LogP contribution in [0, 0.1) is 6.92 Å². The van der Waals surface area contributed by atoms with Gasteiger partial charge in [-0.3, -0.25) is 4.79 Å². The maximum absolute atomic E-state index is 11.8. The van der Waals surface area contributed by atoms with Gasteiger partial charge in [0.1, 0.15) is 0 Å². The fourth-order valence-electron chi connectivity index (χ4n) is 2.46. The third-order valence-corrected chi connectivity index (χ3v) is 3.78. The minimum atomic E-state index is 0.165. The SMILES string of the molecule is CCN(C)C(=O)CNC1CCc2ccc(C)cc21. The average Bonchev–Trinajstić information content (AvgIpc) is 2.77. The zero-order chi connectivity index (χ0) is 13.1. The molecular weight excluding hydrogens is 224 g/mol. The van der Waals surface area contributed by atoms with E-state index in [-0.39, 0.29) is 5.91 Å². The molecule has 1 aromatic rings. The van der Waals surface area contributed by atoms with Gasteiger partial charge >= 0.3 is 0 Å². The first-order valence-corrected chi connectivity index (χ1v) is 6.68. The topological polar surface area (TPSA) is 32.3 Å². The van der Waals surface area contributed by atoms with E-state index in [4.69, 9.17) is 0 Å². The lowest BCUT2D eigenvalue weighted by Gasteiger charge is -2.18. The highest BCUT2D eigenvalue weighted by Gasteiger charge is 2.22. The molecule has 3 nitrogen and oxygen atoms in total. The lowest BCUT2D eigenvalue weighted by Crippen LogP contribution is -2.36. The summed E-state index contributed by atoms with van der Waals surface area (Å²) in [5, 5.41) is 3.39. The Morgan fingerprint density at radius 3 is 3.00 bits per heavy atom. The lowest BCUT2D eigenvalue weighted by molar-refractivity contribution is -0.128. The van der Waals surface area contributed by atoms with Crippen LogP contribution in [0.25, 0.3) is 0 Å². The van der Waals surface area contributed by atoms with Gasteiger partial charge in [-0.1, -0.05) is 23.8 Å². The van der Waals surface area contributed by atoms with Crippen LogP contribution in [0.3, 0.4) is 0 Å². The van der Waals surface area contributed by atoms with Gasteiger partial charge in [-0.25, -0.2) is 0 Å². The molecule has 1 amide bonds. The van der Waals surface area contributed by atoms with Gasteiger partial charge in [0.05, 0.1) is 6.54 Å². The van der Waals surface area contributed by atoms with Gasteiger partial charge in [-0.2, -0.15) is 0 Å². The molecule has 2 rings (SSSR count). The number of hydrogen-bond donors (Lipinski definition) is 1. The Bertz CT molecular complexity index is 442. The standard InChI is InChI=1S/C15H22N2O/c1-4-17(3)15(18)10-16-14-8-7-12-6-5-11(2)9-13(12)14/h5-6,9,14,16H,4,7-8,10H2,1-3H3. The van der Waals surface area contributed by atoms with Crippen molar-refractivity contribution in [2.45, 2.75) is 32.7 Å². The van der Waals surface area contributed by atoms with Crippen LogP contribution in [-0.2, 0) is 11.2 Å². The van der Waals surface area contributed by atoms with Crippen LogP contribution >= 0.6 is 0 Å². The molecule has 0 heterocycles. The van der Waals surface area contributed by atoms with Crippen LogP contribution in [0.1, 0.15) is 36.1 Å². The summed E-state index contributed by atoms with van der Waals surface area (Å²) in [6.07, 6.45) is 2.22. The fourth-order valence-corrected chi connectivity index (χ4v) is 2.46. The number of benzene rings is 1. The lowest BCUT2D eigenvalue weighted by atomic mass is 10.1. The number of fused-ring (bicyclic) bond motifs is 1. The molecule has 0 bridgehead atoms. The van der Waals surface area contributed by atoms with Crippen LogP contribution in [-0.4, -0.2) is 30.9 Å². The largest absolute Gasteiger partial charge is 0.345 e. The normalized spacial score (nSPS) is 17.6. The van der Waals surface area contributed by atoms with Crippen molar-refractivity contribution in [1.29, 1.82) is 0 Å². The zero-order valence-corrected chi connectivity index (χ0v) is 11.5. The smallest absolute Gasteiger partial charge is 0.236 e. The van der Waals surface area contributed by atoms with E-state index in [1.807, 2.05) is 14.0 Å². The summed E-state index contributed by atoms with van der Waals surface area (Å²) in [7, 11) is 1.84. The first kappa shape index (κ1) is 13.1. The highest BCUT2D eigenvalue weighted by atomic mass is 16.2. The first-order chi connectivity index (χ1) is 8.61. The maximum atomic E-state index is 11.8. The molecule has 1 N–H and O–H groups in total. The predicted octanol–water partition coefficient (Wildman–Crippen LogP) is 2.05. The number of hydrogen-bond acceptors (Lipinski definition) is 2. The Morgan fingerprint density at radius 2 is 2.28 bits per heavy atom. The molecule has 0 spiro atoms. The summed E-state index contributed by atoms with van der Waals surface area (Å²) in [5.74, 6) is 0.165. The summed E-state index contributed by atoms with van der Waals surface area (Å²) in [5.41, 5.74) is 4.09. The second-order valence-corrected chi connectivity index (χ2v) is 5.08. The molecule has 0 radical (unpaired) electrons. The maximum Gasteiger partial charge on any atom is 0.236 e. The highest BCUT2D eigenvalue weighted by Crippen LogP contribution is 2.31. The van der Waals surface area contributed by atoms with Crippen molar-refractivity contribution in [3.8, 4) is 0 Å². The van der Waals surface area contributed by atoms with Crippen LogP contribution in [0.4, 0.5) is 0 Å². The van der Waals surface area contributed by atoms with Crippen LogP contribution < -0.4 is 5.32 Å². The summed E-state index contributed by atoms with van der Waals surface area (Å²) in [6.45, 7) is 5.31. The average molecular weight is 246 g/mol. The first-order valence-electron chi connectivity index (χ1n) is 6.68. The van der Waals surface area contributed by atoms with Gasteiger partial charge in [0.25, 0.3) is 0 Å². The predicted molar refractivity (Wildman–Crippen MR) is 73.6 cm³/mol. The van der Waals surface area contributed by atoms with Crippen molar-refractivity contribution in [2.24, 2.45) is 0 Å². The number of rotatable bonds is 4. The number of amides is 1. The Hall–Kier alpha value is -1.35. The van der Waals surface area contributed by atoms with Gasteiger partial charge in [-0.15, -0.1) is 0 Å². The molecule has 1 aliphatic rings. The second kappa shape index (κ2) is 5.53. The number of nitrogens with one attached hydrogen (secondary N) is 1. The van der Waals surface area contributed by atoms with E-state index < -0.39 is 0 Å². The monoisotopic (exact) mass is 246 g/mol. The van der Waals surface area contributed by atoms with Crippen molar-refractivity contribution in [3.05, 3.63) is 34.9 Å². The quantitative estimate of drug-likeness (QED) is 0.882. The molecule has 0 saturated carbocycles. The van der Waals surface area contributed by atoms with E-state index in [1.165, 1.54) is 16.7 Å². The van der Waals surface area contributed by atoms with E-state index >= 15 is 0 Å². The molecule has 3 heteroatoms. The van der Waals surface area contributed by atoms with Crippen molar-refractivity contribution in [1.82, 2.24) is 10.2 Å².